The van der Waals surface area contributed by atoms with E-state index in [9.17, 15) is 10.2 Å². The van der Waals surface area contributed by atoms with Gasteiger partial charge in [-0.05, 0) is 62.6 Å². The standard InChI is InChI=1S/C28H41NO7/c1-32-11-12-33-13-14-34-15-16-35-22-7-8-28(31)23-17-20-5-6-21(30)25-24(20)27(28,26(22)36-25)9-10-29(23)18-19-3-2-4-19/h5-6,19,22-23,26,30-31H,2-4,7-18H2,1H3/t22?,23-,26+,27+,28-/m1/s1. The number of aliphatic hydroxyl groups is 1. The van der Waals surface area contributed by atoms with Gasteiger partial charge in [-0.2, -0.15) is 0 Å². The summed E-state index contributed by atoms with van der Waals surface area (Å²) in [7, 11) is 1.66. The van der Waals surface area contributed by atoms with E-state index in [0.29, 0.717) is 51.8 Å². The van der Waals surface area contributed by atoms with Gasteiger partial charge in [0.2, 0.25) is 0 Å². The van der Waals surface area contributed by atoms with Gasteiger partial charge in [0.25, 0.3) is 0 Å². The molecule has 3 fully saturated rings. The Labute approximate surface area is 213 Å². The summed E-state index contributed by atoms with van der Waals surface area (Å²) in [6.45, 7) is 5.18. The highest BCUT2D eigenvalue weighted by Crippen LogP contribution is 2.65. The lowest BCUT2D eigenvalue weighted by atomic mass is 9.48. The number of likely N-dealkylation sites (tertiary alicyclic amines) is 1. The van der Waals surface area contributed by atoms with Crippen LogP contribution in [0.15, 0.2) is 12.1 Å². The second-order valence-corrected chi connectivity index (χ2v) is 11.3. The zero-order valence-electron chi connectivity index (χ0n) is 21.5. The third-order valence-corrected chi connectivity index (χ3v) is 9.60. The lowest BCUT2D eigenvalue weighted by Gasteiger charge is -2.64. The molecular formula is C28H41NO7. The number of ether oxygens (including phenoxy) is 5. The minimum absolute atomic E-state index is 0.0864. The fourth-order valence-corrected chi connectivity index (χ4v) is 7.70. The number of aromatic hydroxyl groups is 1. The van der Waals surface area contributed by atoms with E-state index >= 15 is 0 Å². The van der Waals surface area contributed by atoms with Gasteiger partial charge in [0, 0.05) is 25.3 Å². The fraction of sp³-hybridized carbons (Fsp3) is 0.786. The predicted octanol–water partition coefficient (Wildman–Crippen LogP) is 2.41. The number of rotatable bonds is 12. The predicted molar refractivity (Wildman–Crippen MR) is 133 cm³/mol. The van der Waals surface area contributed by atoms with E-state index in [4.69, 9.17) is 23.7 Å². The second-order valence-electron chi connectivity index (χ2n) is 11.3. The van der Waals surface area contributed by atoms with Crippen molar-refractivity contribution in [3.63, 3.8) is 0 Å². The number of hydrogen-bond acceptors (Lipinski definition) is 8. The van der Waals surface area contributed by atoms with Crippen molar-refractivity contribution in [2.24, 2.45) is 5.92 Å². The molecule has 1 spiro atoms. The highest BCUT2D eigenvalue weighted by atomic mass is 16.6. The van der Waals surface area contributed by atoms with Gasteiger partial charge in [0.1, 0.15) is 6.10 Å². The summed E-state index contributed by atoms with van der Waals surface area (Å²) in [5.74, 6) is 1.51. The highest BCUT2D eigenvalue weighted by Gasteiger charge is 2.73. The summed E-state index contributed by atoms with van der Waals surface area (Å²) in [4.78, 5) is 2.57. The smallest absolute Gasteiger partial charge is 0.165 e. The van der Waals surface area contributed by atoms with Gasteiger partial charge in [-0.3, -0.25) is 4.90 Å². The number of methoxy groups -OCH3 is 1. The van der Waals surface area contributed by atoms with Crippen molar-refractivity contribution in [1.29, 1.82) is 0 Å². The minimum Gasteiger partial charge on any atom is -0.504 e. The molecule has 2 aliphatic heterocycles. The van der Waals surface area contributed by atoms with Crippen LogP contribution in [0.2, 0.25) is 0 Å². The molecule has 8 heteroatoms. The van der Waals surface area contributed by atoms with Crippen LogP contribution >= 0.6 is 0 Å². The first-order valence-electron chi connectivity index (χ1n) is 13.8. The average molecular weight is 504 g/mol. The van der Waals surface area contributed by atoms with Gasteiger partial charge in [0.05, 0.1) is 56.8 Å². The van der Waals surface area contributed by atoms with Gasteiger partial charge in [-0.25, -0.2) is 0 Å². The largest absolute Gasteiger partial charge is 0.504 e. The molecule has 0 aromatic heterocycles. The Morgan fingerprint density at radius 1 is 1.03 bits per heavy atom. The monoisotopic (exact) mass is 503 g/mol. The summed E-state index contributed by atoms with van der Waals surface area (Å²) < 4.78 is 29.0. The van der Waals surface area contributed by atoms with Crippen LogP contribution in [0.3, 0.4) is 0 Å². The zero-order valence-corrected chi connectivity index (χ0v) is 21.5. The van der Waals surface area contributed by atoms with Crippen LogP contribution < -0.4 is 4.74 Å². The first-order chi connectivity index (χ1) is 17.6. The van der Waals surface area contributed by atoms with E-state index in [0.717, 1.165) is 43.8 Å². The molecule has 1 unspecified atom stereocenters. The molecule has 8 nitrogen and oxygen atoms in total. The van der Waals surface area contributed by atoms with E-state index in [-0.39, 0.29) is 24.0 Å². The van der Waals surface area contributed by atoms with Crippen LogP contribution in [0.4, 0.5) is 0 Å². The van der Waals surface area contributed by atoms with Gasteiger partial charge in [0.15, 0.2) is 11.5 Å². The topological polar surface area (TPSA) is 89.9 Å². The van der Waals surface area contributed by atoms with Crippen molar-refractivity contribution < 1.29 is 33.9 Å². The van der Waals surface area contributed by atoms with E-state index in [1.165, 1.54) is 24.8 Å². The molecule has 1 aromatic rings. The summed E-state index contributed by atoms with van der Waals surface area (Å²) in [6.07, 6.45) is 6.57. The van der Waals surface area contributed by atoms with Gasteiger partial charge in [-0.1, -0.05) is 12.5 Å². The maximum atomic E-state index is 12.5. The van der Waals surface area contributed by atoms with E-state index < -0.39 is 11.0 Å². The van der Waals surface area contributed by atoms with Crippen LogP contribution in [-0.4, -0.2) is 98.8 Å². The summed E-state index contributed by atoms with van der Waals surface area (Å²) in [5, 5.41) is 23.3. The second kappa shape index (κ2) is 10.0. The molecule has 2 N–H and O–H groups in total. The van der Waals surface area contributed by atoms with Crippen LogP contribution in [-0.2, 0) is 30.8 Å². The summed E-state index contributed by atoms with van der Waals surface area (Å²) in [6, 6.07) is 3.90. The van der Waals surface area contributed by atoms with Gasteiger partial charge in [-0.15, -0.1) is 0 Å². The average Bonchev–Trinajstić information content (AvgIpc) is 3.20. The number of piperidine rings is 1. The third-order valence-electron chi connectivity index (χ3n) is 9.60. The van der Waals surface area contributed by atoms with Gasteiger partial charge >= 0.3 is 0 Å². The van der Waals surface area contributed by atoms with Crippen molar-refractivity contribution in [1.82, 2.24) is 4.90 Å². The SMILES string of the molecule is COCCOCCOCCOC1CC[C@@]2(O)[C@H]3Cc4ccc(O)c5c4[C@@]2(CCN3CC2CCC2)[C@H]1O5. The van der Waals surface area contributed by atoms with Crippen LogP contribution in [0, 0.1) is 5.92 Å². The Morgan fingerprint density at radius 2 is 1.81 bits per heavy atom. The first-order valence-corrected chi connectivity index (χ1v) is 13.8. The molecular weight excluding hydrogens is 462 g/mol. The molecule has 2 bridgehead atoms. The Hall–Kier alpha value is -1.42. The number of nitrogens with zero attached hydrogens (tertiary/aromatic N) is 1. The van der Waals surface area contributed by atoms with Crippen molar-refractivity contribution in [2.75, 3.05) is 59.8 Å². The quantitative estimate of drug-likeness (QED) is 0.421. The number of phenols is 1. The van der Waals surface area contributed by atoms with Crippen molar-refractivity contribution in [3.05, 3.63) is 23.3 Å². The number of hydrogen-bond donors (Lipinski definition) is 2. The molecule has 5 aliphatic rings. The van der Waals surface area contributed by atoms with E-state index in [1.54, 1.807) is 13.2 Å². The fourth-order valence-electron chi connectivity index (χ4n) is 7.70. The molecule has 1 aromatic carbocycles. The lowest BCUT2D eigenvalue weighted by molar-refractivity contribution is -0.218. The van der Waals surface area contributed by atoms with Crippen LogP contribution in [0.25, 0.3) is 0 Å². The molecule has 2 saturated carbocycles. The molecule has 6 rings (SSSR count). The van der Waals surface area contributed by atoms with E-state index in [1.807, 2.05) is 6.07 Å². The molecule has 5 atom stereocenters. The molecule has 36 heavy (non-hydrogen) atoms. The normalized spacial score (nSPS) is 34.8. The Balaban J connectivity index is 1.17. The molecule has 3 aliphatic carbocycles. The summed E-state index contributed by atoms with van der Waals surface area (Å²) in [5.41, 5.74) is 0.860. The van der Waals surface area contributed by atoms with Gasteiger partial charge < -0.3 is 33.9 Å². The van der Waals surface area contributed by atoms with Crippen LogP contribution in [0.5, 0.6) is 11.5 Å². The van der Waals surface area contributed by atoms with Crippen molar-refractivity contribution in [3.8, 4) is 11.5 Å². The molecule has 200 valence electrons. The minimum atomic E-state index is -0.873. The number of benzene rings is 1. The maximum absolute atomic E-state index is 12.5. The Bertz CT molecular complexity index is 939. The first kappa shape index (κ1) is 24.9. The van der Waals surface area contributed by atoms with Crippen molar-refractivity contribution >= 4 is 0 Å². The molecule has 0 radical (unpaired) electrons. The lowest BCUT2D eigenvalue weighted by Crippen LogP contribution is -2.77. The highest BCUT2D eigenvalue weighted by molar-refractivity contribution is 5.62. The number of phenolic OH excluding ortho intramolecular Hbond substituents is 1. The van der Waals surface area contributed by atoms with Crippen molar-refractivity contribution in [2.45, 2.75) is 74.2 Å². The Morgan fingerprint density at radius 3 is 2.56 bits per heavy atom. The van der Waals surface area contributed by atoms with E-state index in [2.05, 4.69) is 4.90 Å². The summed E-state index contributed by atoms with van der Waals surface area (Å²) >= 11 is 0. The molecule has 0 amide bonds. The zero-order chi connectivity index (χ0) is 24.8. The molecule has 1 saturated heterocycles. The maximum Gasteiger partial charge on any atom is 0.165 e. The third kappa shape index (κ3) is 3.87. The Kier molecular flexibility index (Phi) is 6.94. The van der Waals surface area contributed by atoms with Crippen LogP contribution in [0.1, 0.15) is 49.7 Å². The molecule has 2 heterocycles.